The van der Waals surface area contributed by atoms with E-state index >= 15 is 0 Å². The van der Waals surface area contributed by atoms with E-state index in [1.165, 1.54) is 50.6 Å². The molecule has 1 amide bonds. The lowest BCUT2D eigenvalue weighted by Crippen LogP contribution is -2.19. The third kappa shape index (κ3) is 4.68. The summed E-state index contributed by atoms with van der Waals surface area (Å²) in [6, 6.07) is 8.60. The lowest BCUT2D eigenvalue weighted by molar-refractivity contribution is -0.111. The number of amides is 1. The average Bonchev–Trinajstić information content (AvgIpc) is 2.62. The minimum Gasteiger partial charge on any atom is -0.495 e. The number of anilines is 1. The highest BCUT2D eigenvalue weighted by atomic mass is 32.2. The van der Waals surface area contributed by atoms with Crippen LogP contribution < -0.4 is 14.8 Å². The molecule has 0 unspecified atom stereocenters. The second kappa shape index (κ2) is 8.11. The van der Waals surface area contributed by atoms with Gasteiger partial charge in [0.2, 0.25) is 15.9 Å². The summed E-state index contributed by atoms with van der Waals surface area (Å²) >= 11 is 0. The highest BCUT2D eigenvalue weighted by Gasteiger charge is 2.17. The van der Waals surface area contributed by atoms with Crippen molar-refractivity contribution in [1.29, 1.82) is 0 Å². The number of benzene rings is 2. The molecule has 0 bridgehead atoms. The molecule has 2 aromatic carbocycles. The molecule has 0 saturated carbocycles. The van der Waals surface area contributed by atoms with E-state index in [4.69, 9.17) is 4.74 Å². The minimum atomic E-state index is -3.71. The minimum absolute atomic E-state index is 0.0361. The van der Waals surface area contributed by atoms with Crippen LogP contribution in [0.1, 0.15) is 11.1 Å². The standard InChI is InChI=1S/C18H19FN2O4S/c1-12-4-7-14(19)11-15(12)21-18(22)9-6-13-5-8-16(25-3)17(10-13)26(23,24)20-2/h4-11,20H,1-3H3,(H,21,22)/b9-6+. The van der Waals surface area contributed by atoms with Gasteiger partial charge in [-0.2, -0.15) is 0 Å². The zero-order chi connectivity index (χ0) is 19.3. The Kier molecular flexibility index (Phi) is 6.12. The SMILES string of the molecule is CNS(=O)(=O)c1cc(/C=C/C(=O)Nc2cc(F)ccc2C)ccc1OC. The van der Waals surface area contributed by atoms with Gasteiger partial charge >= 0.3 is 0 Å². The van der Waals surface area contributed by atoms with Crippen molar-refractivity contribution in [2.24, 2.45) is 0 Å². The molecule has 2 N–H and O–H groups in total. The van der Waals surface area contributed by atoms with Crippen molar-refractivity contribution >= 4 is 27.7 Å². The molecule has 0 saturated heterocycles. The monoisotopic (exact) mass is 378 g/mol. The first-order valence-corrected chi connectivity index (χ1v) is 9.12. The summed E-state index contributed by atoms with van der Waals surface area (Å²) in [6.07, 6.45) is 2.69. The van der Waals surface area contributed by atoms with Gasteiger partial charge in [-0.3, -0.25) is 4.79 Å². The lowest BCUT2D eigenvalue weighted by atomic mass is 10.2. The van der Waals surface area contributed by atoms with Crippen molar-refractivity contribution < 1.29 is 22.3 Å². The van der Waals surface area contributed by atoms with Gasteiger partial charge in [0.25, 0.3) is 0 Å². The Labute approximate surface area is 151 Å². The van der Waals surface area contributed by atoms with Crippen LogP contribution in [0.15, 0.2) is 47.4 Å². The topological polar surface area (TPSA) is 84.5 Å². The highest BCUT2D eigenvalue weighted by Crippen LogP contribution is 2.25. The number of sulfonamides is 1. The van der Waals surface area contributed by atoms with Crippen molar-refractivity contribution in [3.63, 3.8) is 0 Å². The van der Waals surface area contributed by atoms with E-state index in [9.17, 15) is 17.6 Å². The van der Waals surface area contributed by atoms with Crippen molar-refractivity contribution in [2.45, 2.75) is 11.8 Å². The van der Waals surface area contributed by atoms with Crippen molar-refractivity contribution in [1.82, 2.24) is 4.72 Å². The zero-order valence-electron chi connectivity index (χ0n) is 14.5. The van der Waals surface area contributed by atoms with Crippen LogP contribution >= 0.6 is 0 Å². The zero-order valence-corrected chi connectivity index (χ0v) is 15.4. The largest absolute Gasteiger partial charge is 0.495 e. The maximum Gasteiger partial charge on any atom is 0.248 e. The van der Waals surface area contributed by atoms with Gasteiger partial charge in [0.1, 0.15) is 16.5 Å². The van der Waals surface area contributed by atoms with Gasteiger partial charge in [-0.25, -0.2) is 17.5 Å². The van der Waals surface area contributed by atoms with Gasteiger partial charge in [0.15, 0.2) is 0 Å². The first kappa shape index (κ1) is 19.6. The molecule has 0 aromatic heterocycles. The van der Waals surface area contributed by atoms with E-state index < -0.39 is 21.7 Å². The Bertz CT molecular complexity index is 956. The summed E-state index contributed by atoms with van der Waals surface area (Å²) < 4.78 is 44.7. The molecule has 0 spiro atoms. The van der Waals surface area contributed by atoms with E-state index in [1.807, 2.05) is 0 Å². The summed E-state index contributed by atoms with van der Waals surface area (Å²) in [5.74, 6) is -0.726. The Balaban J connectivity index is 2.23. The van der Waals surface area contributed by atoms with Crippen LogP contribution in [0.25, 0.3) is 6.08 Å². The molecule has 2 rings (SSSR count). The molecule has 138 valence electrons. The molecule has 6 nitrogen and oxygen atoms in total. The van der Waals surface area contributed by atoms with E-state index in [0.29, 0.717) is 11.3 Å². The molecule has 0 aliphatic heterocycles. The van der Waals surface area contributed by atoms with Crippen LogP contribution in [0.3, 0.4) is 0 Å². The number of nitrogens with one attached hydrogen (secondary N) is 2. The molecular weight excluding hydrogens is 359 g/mol. The Hall–Kier alpha value is -2.71. The summed E-state index contributed by atoms with van der Waals surface area (Å²) in [6.45, 7) is 1.75. The smallest absolute Gasteiger partial charge is 0.248 e. The Morgan fingerprint density at radius 3 is 2.58 bits per heavy atom. The van der Waals surface area contributed by atoms with Crippen molar-refractivity contribution in [3.8, 4) is 5.75 Å². The van der Waals surface area contributed by atoms with E-state index in [0.717, 1.165) is 5.56 Å². The normalized spacial score (nSPS) is 11.5. The second-order valence-electron chi connectivity index (χ2n) is 5.40. The van der Waals surface area contributed by atoms with E-state index in [-0.39, 0.29) is 10.6 Å². The number of methoxy groups -OCH3 is 1. The van der Waals surface area contributed by atoms with E-state index in [1.54, 1.807) is 19.1 Å². The van der Waals surface area contributed by atoms with Crippen LogP contribution in [-0.2, 0) is 14.8 Å². The summed E-state index contributed by atoms with van der Waals surface area (Å²) in [5.41, 5.74) is 1.58. The van der Waals surface area contributed by atoms with Crippen LogP contribution in [0.2, 0.25) is 0 Å². The molecule has 2 aromatic rings. The fourth-order valence-corrected chi connectivity index (χ4v) is 3.12. The third-order valence-corrected chi connectivity index (χ3v) is 5.07. The fourth-order valence-electron chi connectivity index (χ4n) is 2.19. The Morgan fingerprint density at radius 1 is 1.19 bits per heavy atom. The predicted molar refractivity (Wildman–Crippen MR) is 98.0 cm³/mol. The number of rotatable bonds is 6. The van der Waals surface area contributed by atoms with Crippen LogP contribution in [-0.4, -0.2) is 28.5 Å². The molecule has 0 atom stereocenters. The third-order valence-electron chi connectivity index (χ3n) is 3.63. The number of hydrogen-bond donors (Lipinski definition) is 2. The molecule has 0 aliphatic rings. The fraction of sp³-hybridized carbons (Fsp3) is 0.167. The van der Waals surface area contributed by atoms with Gasteiger partial charge in [-0.1, -0.05) is 12.1 Å². The average molecular weight is 378 g/mol. The van der Waals surface area contributed by atoms with Gasteiger partial charge < -0.3 is 10.1 Å². The van der Waals surface area contributed by atoms with Crippen LogP contribution in [0.5, 0.6) is 5.75 Å². The highest BCUT2D eigenvalue weighted by molar-refractivity contribution is 7.89. The predicted octanol–water partition coefficient (Wildman–Crippen LogP) is 2.70. The van der Waals surface area contributed by atoms with Crippen LogP contribution in [0.4, 0.5) is 10.1 Å². The molecule has 0 heterocycles. The molecule has 8 heteroatoms. The maximum atomic E-state index is 13.3. The molecule has 26 heavy (non-hydrogen) atoms. The number of carbonyl (C=O) groups excluding carboxylic acids is 1. The number of halogens is 1. The Morgan fingerprint density at radius 2 is 1.92 bits per heavy atom. The van der Waals surface area contributed by atoms with Crippen molar-refractivity contribution in [3.05, 3.63) is 59.4 Å². The van der Waals surface area contributed by atoms with Crippen molar-refractivity contribution in [2.75, 3.05) is 19.5 Å². The van der Waals surface area contributed by atoms with E-state index in [2.05, 4.69) is 10.0 Å². The first-order valence-electron chi connectivity index (χ1n) is 7.63. The summed E-state index contributed by atoms with van der Waals surface area (Å²) in [7, 11) is -1.05. The number of aryl methyl sites for hydroxylation is 1. The molecule has 0 radical (unpaired) electrons. The molecular formula is C18H19FN2O4S. The number of hydrogen-bond acceptors (Lipinski definition) is 4. The van der Waals surface area contributed by atoms with Gasteiger partial charge in [0, 0.05) is 11.8 Å². The van der Waals surface area contributed by atoms with Gasteiger partial charge in [-0.15, -0.1) is 0 Å². The van der Waals surface area contributed by atoms with Gasteiger partial charge in [-0.05, 0) is 55.4 Å². The quantitative estimate of drug-likeness (QED) is 0.757. The molecule has 0 aliphatic carbocycles. The first-order chi connectivity index (χ1) is 12.3. The summed E-state index contributed by atoms with van der Waals surface area (Å²) in [4.78, 5) is 12.0. The lowest BCUT2D eigenvalue weighted by Gasteiger charge is -2.09. The van der Waals surface area contributed by atoms with Crippen LogP contribution in [0, 0.1) is 12.7 Å². The summed E-state index contributed by atoms with van der Waals surface area (Å²) in [5, 5.41) is 2.58. The number of ether oxygens (including phenoxy) is 1. The molecule has 0 fully saturated rings. The second-order valence-corrected chi connectivity index (χ2v) is 7.25. The number of carbonyl (C=O) groups is 1. The van der Waals surface area contributed by atoms with Gasteiger partial charge in [0.05, 0.1) is 7.11 Å². The maximum absolute atomic E-state index is 13.3.